The van der Waals surface area contributed by atoms with Crippen molar-refractivity contribution in [1.82, 2.24) is 0 Å². The predicted molar refractivity (Wildman–Crippen MR) is 2.75 cm³/mol. The molecule has 0 saturated heterocycles. The van der Waals surface area contributed by atoms with Crippen molar-refractivity contribution in [3.8, 4) is 0 Å². The van der Waals surface area contributed by atoms with Crippen LogP contribution in [0.3, 0.4) is 0 Å². The third kappa shape index (κ3) is 70.2. The summed E-state index contributed by atoms with van der Waals surface area (Å²) in [5.74, 6) is 0. The average molecular weight is 294 g/mol. The molecule has 0 amide bonds. The number of hydrogen-bond donors (Lipinski definition) is 0. The Morgan fingerprint density at radius 2 is 0.857 bits per heavy atom. The van der Waals surface area contributed by atoms with Gasteiger partial charge in [0.05, 0.1) is 0 Å². The second-order valence-corrected chi connectivity index (χ2v) is 1.67. The molecular formula is Na2O4W. The van der Waals surface area contributed by atoms with Crippen LogP contribution in [0.15, 0.2) is 0 Å². The first kappa shape index (κ1) is 23.0. The minimum absolute atomic E-state index is 0. The Hall–Kier alpha value is 2.05. The first-order chi connectivity index (χ1) is 1.73. The van der Waals surface area contributed by atoms with Crippen LogP contribution in [0.5, 0.6) is 0 Å². The Labute approximate surface area is 90.4 Å². The van der Waals surface area contributed by atoms with Gasteiger partial charge in [0.1, 0.15) is 0 Å². The van der Waals surface area contributed by atoms with Gasteiger partial charge < -0.3 is 5.48 Å². The molecule has 0 N–H and O–H groups in total. The van der Waals surface area contributed by atoms with Gasteiger partial charge in [-0.2, -0.15) is 0 Å². The van der Waals surface area contributed by atoms with Crippen molar-refractivity contribution in [2.45, 2.75) is 0 Å². The van der Waals surface area contributed by atoms with Crippen LogP contribution in [0, 0.1) is 0 Å². The van der Waals surface area contributed by atoms with Gasteiger partial charge in [0.25, 0.3) is 0 Å². The third-order valence-corrected chi connectivity index (χ3v) is 0. The molecule has 0 heterocycles. The Morgan fingerprint density at radius 1 is 0.857 bits per heavy atom. The van der Waals surface area contributed by atoms with E-state index in [1.807, 2.05) is 0 Å². The summed E-state index contributed by atoms with van der Waals surface area (Å²) in [5.41, 5.74) is 0. The number of hydrogen-bond acceptors (Lipinski definition) is 3. The van der Waals surface area contributed by atoms with E-state index in [1.54, 1.807) is 0 Å². The van der Waals surface area contributed by atoms with Crippen LogP contribution < -0.4 is 59.1 Å². The molecule has 0 radical (unpaired) electrons. The Balaban J connectivity index is -0.0000000150. The zero-order valence-electron chi connectivity index (χ0n) is 4.04. The van der Waals surface area contributed by atoms with Crippen molar-refractivity contribution in [2.24, 2.45) is 0 Å². The summed E-state index contributed by atoms with van der Waals surface area (Å²) in [6.45, 7) is 0. The van der Waals surface area contributed by atoms with E-state index in [9.17, 15) is 0 Å². The molecule has 0 rings (SSSR count). The molecule has 32 valence electrons. The average Bonchev–Trinajstić information content (AvgIpc) is 0.811. The molecule has 0 aromatic rings. The summed E-state index contributed by atoms with van der Waals surface area (Å²) in [7, 11) is 0. The van der Waals surface area contributed by atoms with Gasteiger partial charge in [-0.25, -0.2) is 0 Å². The van der Waals surface area contributed by atoms with E-state index in [-0.39, 0.29) is 64.6 Å². The van der Waals surface area contributed by atoms with Crippen molar-refractivity contribution >= 4 is 0 Å². The van der Waals surface area contributed by atoms with Gasteiger partial charge in [0.2, 0.25) is 0 Å². The molecule has 0 bridgehead atoms. The fourth-order valence-electron chi connectivity index (χ4n) is 0. The van der Waals surface area contributed by atoms with E-state index in [1.165, 1.54) is 0 Å². The van der Waals surface area contributed by atoms with Gasteiger partial charge in [-0.1, -0.05) is 0 Å². The molecule has 0 unspecified atom stereocenters. The molecule has 0 atom stereocenters. The first-order valence-electron chi connectivity index (χ1n) is 0.500. The van der Waals surface area contributed by atoms with E-state index in [0.29, 0.717) is 0 Å². The van der Waals surface area contributed by atoms with E-state index in [4.69, 9.17) is 10.2 Å². The van der Waals surface area contributed by atoms with Crippen molar-refractivity contribution in [2.75, 3.05) is 0 Å². The van der Waals surface area contributed by atoms with Crippen LogP contribution in [0.1, 0.15) is 0 Å². The zero-order valence-corrected chi connectivity index (χ0v) is 11.0. The normalized spacial score (nSPS) is 3.43. The molecule has 0 aromatic heterocycles. The molecule has 0 aliphatic rings. The molecule has 4 nitrogen and oxygen atoms in total. The van der Waals surface area contributed by atoms with E-state index in [0.717, 1.165) is 0 Å². The molecule has 0 saturated carbocycles. The van der Waals surface area contributed by atoms with Crippen LogP contribution >= 0.6 is 0 Å². The van der Waals surface area contributed by atoms with E-state index in [2.05, 4.69) is 0 Å². The van der Waals surface area contributed by atoms with Crippen LogP contribution in [0.25, 0.3) is 0 Å². The summed E-state index contributed by atoms with van der Waals surface area (Å²) >= 11 is -4.28. The summed E-state index contributed by atoms with van der Waals surface area (Å²) in [4.78, 5) is 0. The quantitative estimate of drug-likeness (QED) is 0.417. The van der Waals surface area contributed by atoms with Crippen LogP contribution in [0.2, 0.25) is 0 Å². The Kier molecular flexibility index (Phi) is 51.5. The first-order valence-corrected chi connectivity index (χ1v) is 4.09. The second-order valence-electron chi connectivity index (χ2n) is 0.204. The number of rotatable bonds is 0. The molecule has 7 heavy (non-hydrogen) atoms. The molecule has 0 aliphatic carbocycles. The van der Waals surface area contributed by atoms with Gasteiger partial charge in [-0.3, -0.25) is 0 Å². The van der Waals surface area contributed by atoms with Crippen molar-refractivity contribution in [3.63, 3.8) is 0 Å². The van der Waals surface area contributed by atoms with Crippen molar-refractivity contribution in [3.05, 3.63) is 0 Å². The van der Waals surface area contributed by atoms with Crippen molar-refractivity contribution in [1.29, 1.82) is 0 Å². The van der Waals surface area contributed by atoms with Gasteiger partial charge in [0, 0.05) is 0 Å². The minimum atomic E-state index is -4.28. The van der Waals surface area contributed by atoms with Crippen LogP contribution in [-0.4, -0.2) is 0 Å². The van der Waals surface area contributed by atoms with Gasteiger partial charge in [-0.15, -0.1) is 0 Å². The molecule has 0 aliphatic heterocycles. The van der Waals surface area contributed by atoms with E-state index < -0.39 is 17.2 Å². The van der Waals surface area contributed by atoms with Crippen LogP contribution in [-0.2, 0) is 32.9 Å². The maximum atomic E-state index is 8.61. The summed E-state index contributed by atoms with van der Waals surface area (Å²) in [6.07, 6.45) is 0. The molecule has 0 spiro atoms. The fourth-order valence-corrected chi connectivity index (χ4v) is 0. The second kappa shape index (κ2) is 15.7. The van der Waals surface area contributed by atoms with Gasteiger partial charge in [0.15, 0.2) is 0 Å². The Bertz CT molecular complexity index is 79.1. The monoisotopic (exact) mass is 294 g/mol. The predicted octanol–water partition coefficient (Wildman–Crippen LogP) is -6.47. The van der Waals surface area contributed by atoms with Crippen LogP contribution in [0.4, 0.5) is 0 Å². The van der Waals surface area contributed by atoms with E-state index >= 15 is 0 Å². The molecule has 0 aromatic carbocycles. The molecular weight excluding hydrogens is 294 g/mol. The fraction of sp³-hybridized carbons (Fsp3) is 0. The summed E-state index contributed by atoms with van der Waals surface area (Å²) in [6, 6.07) is 0. The van der Waals surface area contributed by atoms with Gasteiger partial charge in [-0.05, 0) is 0 Å². The molecule has 0 fully saturated rings. The topological polar surface area (TPSA) is 79.7 Å². The maximum absolute atomic E-state index is 8.61. The third-order valence-electron chi connectivity index (χ3n) is 0. The standard InChI is InChI=1S/2Na.4O.W/q2*+1;;;;-2;. The summed E-state index contributed by atoms with van der Waals surface area (Å²) in [5, 5.41) is 0. The Morgan fingerprint density at radius 3 is 0.857 bits per heavy atom. The summed E-state index contributed by atoms with van der Waals surface area (Å²) < 4.78 is 25.8. The molecule has 7 heteroatoms. The van der Waals surface area contributed by atoms with Gasteiger partial charge >= 0.3 is 86.5 Å². The SMILES string of the molecule is [Na+].[Na+].[O-2].[O]=[W](=[O])=[O]. The zero-order chi connectivity index (χ0) is 3.58. The van der Waals surface area contributed by atoms with Crippen molar-refractivity contribution < 1.29 is 92.0 Å².